The number of imidazole rings is 1. The quantitative estimate of drug-likeness (QED) is 0.108. The van der Waals surface area contributed by atoms with E-state index < -0.39 is 10.8 Å². The van der Waals surface area contributed by atoms with E-state index in [1.54, 1.807) is 48.9 Å². The van der Waals surface area contributed by atoms with Crippen molar-refractivity contribution in [3.8, 4) is 22.9 Å². The number of nitrogens with zero attached hydrogens (tertiary/aromatic N) is 3. The van der Waals surface area contributed by atoms with Crippen molar-refractivity contribution in [1.82, 2.24) is 9.55 Å². The molecule has 4 rings (SSSR count). The highest BCUT2D eigenvalue weighted by Gasteiger charge is 2.10. The van der Waals surface area contributed by atoms with Crippen LogP contribution in [0.15, 0.2) is 90.2 Å². The monoisotopic (exact) mass is 610 g/mol. The van der Waals surface area contributed by atoms with E-state index in [4.69, 9.17) is 9.47 Å². The molecule has 1 heterocycles. The molecule has 0 aliphatic carbocycles. The number of anilines is 1. The standard InChI is InChI=1S/C35H38N4O4S/c1-3-5-19-42-20-21-43-33-13-8-27(9-14-33)28-6-7-30(23-36)29(22-28)10-17-35(40)38-31-11-15-34(16-12-31)44(41)25-32-24-37-26-39(32)18-4-2/h6-17,22,24,26H,3-5,18-21,25H2,1-2H3,(H,38,40)/b17-10+/t44-/m0/s1. The van der Waals surface area contributed by atoms with Crippen molar-refractivity contribution in [2.45, 2.75) is 50.3 Å². The predicted octanol–water partition coefficient (Wildman–Crippen LogP) is 6.99. The van der Waals surface area contributed by atoms with Gasteiger partial charge in [0, 0.05) is 36.0 Å². The average molecular weight is 611 g/mol. The molecule has 3 aromatic carbocycles. The van der Waals surface area contributed by atoms with Crippen LogP contribution in [0.5, 0.6) is 5.75 Å². The lowest BCUT2D eigenvalue weighted by molar-refractivity contribution is -0.111. The van der Waals surface area contributed by atoms with Gasteiger partial charge in [-0.2, -0.15) is 5.26 Å². The molecular formula is C35H38N4O4S. The Morgan fingerprint density at radius 2 is 1.77 bits per heavy atom. The summed E-state index contributed by atoms with van der Waals surface area (Å²) in [6, 6.07) is 22.4. The number of carbonyl (C=O) groups excluding carboxylic acids is 1. The van der Waals surface area contributed by atoms with Gasteiger partial charge in [-0.3, -0.25) is 9.00 Å². The van der Waals surface area contributed by atoms with Crippen LogP contribution < -0.4 is 10.1 Å². The number of ether oxygens (including phenoxy) is 2. The van der Waals surface area contributed by atoms with Crippen molar-refractivity contribution < 1.29 is 18.5 Å². The summed E-state index contributed by atoms with van der Waals surface area (Å²) in [5.41, 5.74) is 4.50. The van der Waals surface area contributed by atoms with Gasteiger partial charge in [-0.1, -0.05) is 38.5 Å². The fourth-order valence-electron chi connectivity index (χ4n) is 4.46. The molecule has 1 amide bonds. The van der Waals surface area contributed by atoms with Crippen molar-refractivity contribution >= 4 is 28.5 Å². The minimum absolute atomic E-state index is 0.336. The second kappa shape index (κ2) is 16.9. The lowest BCUT2D eigenvalue weighted by atomic mass is 9.99. The Hall–Kier alpha value is -4.52. The number of amides is 1. The van der Waals surface area contributed by atoms with Gasteiger partial charge in [0.1, 0.15) is 12.4 Å². The first kappa shape index (κ1) is 32.4. The molecule has 1 aromatic heterocycles. The molecule has 1 N–H and O–H groups in total. The number of nitrogens with one attached hydrogen (secondary N) is 1. The molecular weight excluding hydrogens is 572 g/mol. The van der Waals surface area contributed by atoms with Gasteiger partial charge < -0.3 is 19.4 Å². The van der Waals surface area contributed by atoms with Gasteiger partial charge in [-0.25, -0.2) is 4.98 Å². The molecule has 0 unspecified atom stereocenters. The molecule has 0 bridgehead atoms. The second-order valence-electron chi connectivity index (χ2n) is 10.2. The van der Waals surface area contributed by atoms with Crippen molar-refractivity contribution in [2.24, 2.45) is 0 Å². The van der Waals surface area contributed by atoms with Gasteiger partial charge in [0.2, 0.25) is 5.91 Å². The summed E-state index contributed by atoms with van der Waals surface area (Å²) in [7, 11) is -1.23. The second-order valence-corrected chi connectivity index (χ2v) is 11.6. The lowest BCUT2D eigenvalue weighted by Gasteiger charge is -2.09. The van der Waals surface area contributed by atoms with Crippen LogP contribution in [0, 0.1) is 11.3 Å². The van der Waals surface area contributed by atoms with E-state index in [1.807, 2.05) is 41.0 Å². The van der Waals surface area contributed by atoms with Crippen molar-refractivity contribution in [3.63, 3.8) is 0 Å². The Morgan fingerprint density at radius 1 is 1.00 bits per heavy atom. The van der Waals surface area contributed by atoms with Crippen LogP contribution in [-0.2, 0) is 32.6 Å². The Bertz CT molecular complexity index is 1610. The van der Waals surface area contributed by atoms with Crippen molar-refractivity contribution in [2.75, 3.05) is 25.1 Å². The van der Waals surface area contributed by atoms with Gasteiger partial charge in [-0.05, 0) is 84.1 Å². The molecule has 0 aliphatic heterocycles. The molecule has 8 nitrogen and oxygen atoms in total. The van der Waals surface area contributed by atoms with Gasteiger partial charge in [0.25, 0.3) is 0 Å². The minimum Gasteiger partial charge on any atom is -0.491 e. The highest BCUT2D eigenvalue weighted by atomic mass is 32.2. The van der Waals surface area contributed by atoms with Gasteiger partial charge in [0.05, 0.1) is 46.8 Å². The summed E-state index contributed by atoms with van der Waals surface area (Å²) < 4.78 is 26.2. The van der Waals surface area contributed by atoms with Crippen LogP contribution in [0.25, 0.3) is 17.2 Å². The van der Waals surface area contributed by atoms with E-state index in [0.29, 0.717) is 40.7 Å². The first-order valence-electron chi connectivity index (χ1n) is 14.8. The third-order valence-corrected chi connectivity index (χ3v) is 8.20. The molecule has 0 aliphatic rings. The summed E-state index contributed by atoms with van der Waals surface area (Å²) >= 11 is 0. The molecule has 1 atom stereocenters. The first-order valence-corrected chi connectivity index (χ1v) is 16.1. The van der Waals surface area contributed by atoms with Crippen molar-refractivity contribution in [3.05, 3.63) is 102 Å². The van der Waals surface area contributed by atoms with Crippen LogP contribution in [0.2, 0.25) is 0 Å². The first-order chi connectivity index (χ1) is 21.5. The fourth-order valence-corrected chi connectivity index (χ4v) is 5.58. The maximum absolute atomic E-state index is 12.9. The average Bonchev–Trinajstić information content (AvgIpc) is 3.48. The smallest absolute Gasteiger partial charge is 0.248 e. The molecule has 0 saturated heterocycles. The molecule has 0 saturated carbocycles. The third-order valence-electron chi connectivity index (χ3n) is 6.84. The number of carbonyl (C=O) groups is 1. The molecule has 4 aromatic rings. The maximum Gasteiger partial charge on any atom is 0.248 e. The number of hydrogen-bond donors (Lipinski definition) is 1. The number of nitriles is 1. The molecule has 44 heavy (non-hydrogen) atoms. The molecule has 0 radical (unpaired) electrons. The summed E-state index contributed by atoms with van der Waals surface area (Å²) in [4.78, 5) is 17.5. The normalized spacial score (nSPS) is 11.8. The van der Waals surface area contributed by atoms with E-state index >= 15 is 0 Å². The van der Waals surface area contributed by atoms with E-state index in [2.05, 4.69) is 30.2 Å². The van der Waals surface area contributed by atoms with Crippen LogP contribution in [0.1, 0.15) is 49.9 Å². The summed E-state index contributed by atoms with van der Waals surface area (Å²) in [5, 5.41) is 12.4. The largest absolute Gasteiger partial charge is 0.491 e. The number of aryl methyl sites for hydroxylation is 1. The number of rotatable bonds is 16. The number of benzene rings is 3. The van der Waals surface area contributed by atoms with Gasteiger partial charge in [-0.15, -0.1) is 0 Å². The third kappa shape index (κ3) is 9.49. The van der Waals surface area contributed by atoms with Crippen LogP contribution in [0.4, 0.5) is 5.69 Å². The lowest BCUT2D eigenvalue weighted by Crippen LogP contribution is -2.08. The topological polar surface area (TPSA) is 106 Å². The minimum atomic E-state index is -1.23. The van der Waals surface area contributed by atoms with Crippen LogP contribution in [-0.4, -0.2) is 39.5 Å². The van der Waals surface area contributed by atoms with E-state index in [9.17, 15) is 14.3 Å². The zero-order valence-corrected chi connectivity index (χ0v) is 26.0. The zero-order chi connectivity index (χ0) is 31.1. The molecule has 0 fully saturated rings. The molecule has 9 heteroatoms. The number of unbranched alkanes of at least 4 members (excludes halogenated alkanes) is 1. The number of hydrogen-bond acceptors (Lipinski definition) is 6. The summed E-state index contributed by atoms with van der Waals surface area (Å²) in [6.07, 6.45) is 9.68. The highest BCUT2D eigenvalue weighted by Crippen LogP contribution is 2.26. The van der Waals surface area contributed by atoms with E-state index in [-0.39, 0.29) is 5.91 Å². The Labute approximate surface area is 261 Å². The van der Waals surface area contributed by atoms with E-state index in [0.717, 1.165) is 55.0 Å². The van der Waals surface area contributed by atoms with E-state index in [1.165, 1.54) is 6.08 Å². The van der Waals surface area contributed by atoms with Crippen LogP contribution >= 0.6 is 0 Å². The highest BCUT2D eigenvalue weighted by molar-refractivity contribution is 7.84. The fraction of sp³-hybridized carbons (Fsp3) is 0.286. The summed E-state index contributed by atoms with van der Waals surface area (Å²) in [6.45, 7) is 6.86. The van der Waals surface area contributed by atoms with Crippen LogP contribution in [0.3, 0.4) is 0 Å². The Balaban J connectivity index is 1.34. The molecule has 228 valence electrons. The summed E-state index contributed by atoms with van der Waals surface area (Å²) in [5.74, 6) is 0.801. The number of aromatic nitrogens is 2. The van der Waals surface area contributed by atoms with Crippen molar-refractivity contribution in [1.29, 1.82) is 5.26 Å². The zero-order valence-electron chi connectivity index (χ0n) is 25.2. The van der Waals surface area contributed by atoms with Gasteiger partial charge >= 0.3 is 0 Å². The maximum atomic E-state index is 12.9. The Morgan fingerprint density at radius 3 is 2.50 bits per heavy atom. The predicted molar refractivity (Wildman–Crippen MR) is 175 cm³/mol. The Kier molecular flexibility index (Phi) is 12.5. The van der Waals surface area contributed by atoms with Gasteiger partial charge in [0.15, 0.2) is 0 Å². The molecule has 0 spiro atoms. The SMILES string of the molecule is CCCCOCCOc1ccc(-c2ccc(C#N)c(/C=C/C(=O)Nc3ccc([S@@](=O)Cc4cncn4CCC)cc3)c2)cc1.